The van der Waals surface area contributed by atoms with Crippen molar-refractivity contribution in [1.82, 2.24) is 10.2 Å². The van der Waals surface area contributed by atoms with Gasteiger partial charge in [-0.1, -0.05) is 42.5 Å². The number of ketones is 2. The number of benzene rings is 3. The monoisotopic (exact) mass is 455 g/mol. The predicted molar refractivity (Wildman–Crippen MR) is 124 cm³/mol. The molecule has 1 fully saturated rings. The molecule has 170 valence electrons. The Kier molecular flexibility index (Phi) is 5.41. The number of fused-ring (bicyclic) bond motifs is 2. The predicted octanol–water partition coefficient (Wildman–Crippen LogP) is 3.45. The Hall–Kier alpha value is -4.33. The van der Waals surface area contributed by atoms with Gasteiger partial charge >= 0.3 is 6.03 Å². The topological polar surface area (TPSA) is 113 Å². The highest BCUT2D eigenvalue weighted by Crippen LogP contribution is 2.31. The van der Waals surface area contributed by atoms with Crippen LogP contribution in [0.1, 0.15) is 45.5 Å². The second-order valence-electron chi connectivity index (χ2n) is 8.43. The summed E-state index contributed by atoms with van der Waals surface area (Å²) in [6.45, 7) is 0.0204. The number of urea groups is 1. The summed E-state index contributed by atoms with van der Waals surface area (Å²) >= 11 is 0. The zero-order valence-corrected chi connectivity index (χ0v) is 18.2. The van der Waals surface area contributed by atoms with Crippen molar-refractivity contribution in [3.05, 3.63) is 77.4 Å². The quantitative estimate of drug-likeness (QED) is 0.462. The van der Waals surface area contributed by atoms with Crippen LogP contribution in [0.15, 0.2) is 60.7 Å². The highest BCUT2D eigenvalue weighted by Gasteiger charge is 2.45. The van der Waals surface area contributed by atoms with Gasteiger partial charge in [0.25, 0.3) is 11.8 Å². The van der Waals surface area contributed by atoms with Gasteiger partial charge in [-0.3, -0.25) is 24.1 Å². The first-order valence-electron chi connectivity index (χ1n) is 11.0. The van der Waals surface area contributed by atoms with E-state index in [1.54, 1.807) is 18.2 Å². The second kappa shape index (κ2) is 8.55. The van der Waals surface area contributed by atoms with Crippen molar-refractivity contribution >= 4 is 45.9 Å². The highest BCUT2D eigenvalue weighted by molar-refractivity contribution is 6.24. The fraction of sp³-hybridized carbons (Fsp3) is 0.192. The summed E-state index contributed by atoms with van der Waals surface area (Å²) in [6.07, 6.45) is 0.0411. The molecule has 1 saturated carbocycles. The van der Waals surface area contributed by atoms with E-state index >= 15 is 0 Å². The maximum atomic E-state index is 13.2. The molecule has 5 rings (SSSR count). The van der Waals surface area contributed by atoms with Gasteiger partial charge in [-0.15, -0.1) is 0 Å². The Morgan fingerprint density at radius 2 is 1.71 bits per heavy atom. The molecule has 1 atom stereocenters. The number of amides is 4. The van der Waals surface area contributed by atoms with E-state index in [0.29, 0.717) is 11.3 Å². The Labute approximate surface area is 194 Å². The number of carbonyl (C=O) groups is 5. The Bertz CT molecular complexity index is 1380. The normalized spacial score (nSPS) is 17.8. The van der Waals surface area contributed by atoms with Gasteiger partial charge in [0.1, 0.15) is 5.78 Å². The van der Waals surface area contributed by atoms with Crippen LogP contribution in [-0.2, 0) is 16.1 Å². The minimum absolute atomic E-state index is 0.0204. The van der Waals surface area contributed by atoms with Crippen LogP contribution in [-0.4, -0.2) is 40.4 Å². The van der Waals surface area contributed by atoms with Crippen LogP contribution in [0.2, 0.25) is 0 Å². The summed E-state index contributed by atoms with van der Waals surface area (Å²) in [5, 5.41) is 7.55. The van der Waals surface area contributed by atoms with Gasteiger partial charge in [0.15, 0.2) is 5.78 Å². The van der Waals surface area contributed by atoms with E-state index in [2.05, 4.69) is 10.6 Å². The summed E-state index contributed by atoms with van der Waals surface area (Å²) in [5.41, 5.74) is 1.48. The molecule has 0 bridgehead atoms. The van der Waals surface area contributed by atoms with E-state index in [4.69, 9.17) is 0 Å². The number of anilines is 1. The standard InChI is InChI=1S/C26H21N3O5/c30-19-10-11-21(22(31)13-19)29-24(32)20-7-3-6-17(23(20)25(29)33)14-27-26(34)28-18-9-8-15-4-1-2-5-16(15)12-18/h1-9,12,21H,10-11,13-14H2,(H2,27,28,34). The van der Waals surface area contributed by atoms with Crippen molar-refractivity contribution in [2.24, 2.45) is 0 Å². The minimum atomic E-state index is -0.929. The maximum Gasteiger partial charge on any atom is 0.319 e. The molecule has 1 aliphatic carbocycles. The number of hydrogen-bond donors (Lipinski definition) is 2. The van der Waals surface area contributed by atoms with Gasteiger partial charge in [-0.25, -0.2) is 4.79 Å². The van der Waals surface area contributed by atoms with Gasteiger partial charge in [0.2, 0.25) is 0 Å². The first-order valence-corrected chi connectivity index (χ1v) is 11.0. The average Bonchev–Trinajstić information content (AvgIpc) is 3.08. The summed E-state index contributed by atoms with van der Waals surface area (Å²) < 4.78 is 0. The SMILES string of the molecule is O=C1CCC(N2C(=O)c3cccc(CNC(=O)Nc4ccc5ccccc5c4)c3C2=O)C(=O)C1. The summed E-state index contributed by atoms with van der Waals surface area (Å²) in [6, 6.07) is 16.8. The van der Waals surface area contributed by atoms with Crippen molar-refractivity contribution in [3.63, 3.8) is 0 Å². The molecule has 1 aliphatic heterocycles. The van der Waals surface area contributed by atoms with E-state index in [0.717, 1.165) is 15.7 Å². The minimum Gasteiger partial charge on any atom is -0.334 e. The van der Waals surface area contributed by atoms with Gasteiger partial charge in [0, 0.05) is 18.7 Å². The lowest BCUT2D eigenvalue weighted by Gasteiger charge is -2.27. The van der Waals surface area contributed by atoms with E-state index in [9.17, 15) is 24.0 Å². The van der Waals surface area contributed by atoms with Crippen LogP contribution in [0.5, 0.6) is 0 Å². The Morgan fingerprint density at radius 3 is 2.50 bits per heavy atom. The molecule has 3 aromatic rings. The number of carbonyl (C=O) groups excluding carboxylic acids is 5. The van der Waals surface area contributed by atoms with E-state index in [1.807, 2.05) is 36.4 Å². The lowest BCUT2D eigenvalue weighted by Crippen LogP contribution is -2.47. The van der Waals surface area contributed by atoms with Crippen LogP contribution < -0.4 is 10.6 Å². The van der Waals surface area contributed by atoms with Crippen LogP contribution in [0.25, 0.3) is 10.8 Å². The third kappa shape index (κ3) is 3.83. The van der Waals surface area contributed by atoms with Gasteiger partial charge in [-0.05, 0) is 41.0 Å². The fourth-order valence-electron chi connectivity index (χ4n) is 4.55. The number of rotatable bonds is 4. The third-order valence-electron chi connectivity index (χ3n) is 6.23. The molecule has 8 nitrogen and oxygen atoms in total. The number of Topliss-reactive ketones (excluding diaryl/α,β-unsaturated/α-hetero) is 2. The zero-order valence-electron chi connectivity index (χ0n) is 18.2. The molecular formula is C26H21N3O5. The molecule has 0 aromatic heterocycles. The highest BCUT2D eigenvalue weighted by atomic mass is 16.2. The van der Waals surface area contributed by atoms with Gasteiger partial charge < -0.3 is 10.6 Å². The van der Waals surface area contributed by atoms with E-state index in [1.165, 1.54) is 6.07 Å². The van der Waals surface area contributed by atoms with E-state index < -0.39 is 29.7 Å². The molecule has 0 radical (unpaired) electrons. The molecule has 0 saturated heterocycles. The summed E-state index contributed by atoms with van der Waals surface area (Å²) in [4.78, 5) is 63.5. The van der Waals surface area contributed by atoms with Crippen molar-refractivity contribution in [1.29, 1.82) is 0 Å². The molecule has 2 N–H and O–H groups in total. The van der Waals surface area contributed by atoms with Crippen molar-refractivity contribution in [2.45, 2.75) is 31.8 Å². The molecule has 1 unspecified atom stereocenters. The molecule has 2 aliphatic rings. The molecule has 0 spiro atoms. The number of nitrogens with one attached hydrogen (secondary N) is 2. The lowest BCUT2D eigenvalue weighted by atomic mass is 9.92. The van der Waals surface area contributed by atoms with Crippen LogP contribution in [0.3, 0.4) is 0 Å². The molecular weight excluding hydrogens is 434 g/mol. The van der Waals surface area contributed by atoms with E-state index in [-0.39, 0.29) is 42.7 Å². The average molecular weight is 455 g/mol. The smallest absolute Gasteiger partial charge is 0.319 e. The maximum absolute atomic E-state index is 13.2. The second-order valence-corrected chi connectivity index (χ2v) is 8.43. The third-order valence-corrected chi connectivity index (χ3v) is 6.23. The lowest BCUT2D eigenvalue weighted by molar-refractivity contribution is -0.132. The van der Waals surface area contributed by atoms with Crippen LogP contribution in [0.4, 0.5) is 10.5 Å². The largest absolute Gasteiger partial charge is 0.334 e. The molecule has 4 amide bonds. The fourth-order valence-corrected chi connectivity index (χ4v) is 4.55. The molecule has 1 heterocycles. The Balaban J connectivity index is 1.30. The number of nitrogens with zero attached hydrogens (tertiary/aromatic N) is 1. The molecule has 8 heteroatoms. The Morgan fingerprint density at radius 1 is 0.912 bits per heavy atom. The summed E-state index contributed by atoms with van der Waals surface area (Å²) in [7, 11) is 0. The molecule has 3 aromatic carbocycles. The first kappa shape index (κ1) is 21.5. The van der Waals surface area contributed by atoms with Crippen molar-refractivity contribution < 1.29 is 24.0 Å². The summed E-state index contributed by atoms with van der Waals surface area (Å²) in [5.74, 6) is -1.71. The van der Waals surface area contributed by atoms with Gasteiger partial charge in [0.05, 0.1) is 23.6 Å². The first-order chi connectivity index (χ1) is 16.4. The van der Waals surface area contributed by atoms with Gasteiger partial charge in [-0.2, -0.15) is 0 Å². The van der Waals surface area contributed by atoms with Crippen LogP contribution >= 0.6 is 0 Å². The number of imide groups is 1. The molecule has 34 heavy (non-hydrogen) atoms. The van der Waals surface area contributed by atoms with Crippen LogP contribution in [0, 0.1) is 0 Å². The van der Waals surface area contributed by atoms with Crippen molar-refractivity contribution in [2.75, 3.05) is 5.32 Å². The zero-order chi connectivity index (χ0) is 23.8. The number of hydrogen-bond acceptors (Lipinski definition) is 5. The van der Waals surface area contributed by atoms with Crippen molar-refractivity contribution in [3.8, 4) is 0 Å².